The van der Waals surface area contributed by atoms with Gasteiger partial charge in [0.15, 0.2) is 0 Å². The van der Waals surface area contributed by atoms with E-state index >= 15 is 0 Å². The van der Waals surface area contributed by atoms with Crippen molar-refractivity contribution < 1.29 is 0 Å². The van der Waals surface area contributed by atoms with E-state index in [1.54, 1.807) is 5.56 Å². The van der Waals surface area contributed by atoms with Gasteiger partial charge in [0.1, 0.15) is 0 Å². The molecule has 0 heterocycles. The van der Waals surface area contributed by atoms with Gasteiger partial charge in [-0.1, -0.05) is 58.0 Å². The lowest BCUT2D eigenvalue weighted by molar-refractivity contribution is 0.618. The van der Waals surface area contributed by atoms with Crippen molar-refractivity contribution in [2.24, 2.45) is 11.8 Å². The lowest BCUT2D eigenvalue weighted by Crippen LogP contribution is -2.12. The van der Waals surface area contributed by atoms with E-state index < -0.39 is 0 Å². The highest BCUT2D eigenvalue weighted by atomic mass is 31.0. The molecule has 2 aromatic rings. The van der Waals surface area contributed by atoms with Crippen LogP contribution < -0.4 is 5.30 Å². The molecule has 2 rings (SSSR count). The van der Waals surface area contributed by atoms with Gasteiger partial charge in [-0.2, -0.15) is 0 Å². The Morgan fingerprint density at radius 1 is 0.947 bits per heavy atom. The number of fused-ring (bicyclic) bond motifs is 1. The smallest absolute Gasteiger partial charge is 0.0109 e. The number of rotatable bonds is 4. The van der Waals surface area contributed by atoms with E-state index in [9.17, 15) is 0 Å². The summed E-state index contributed by atoms with van der Waals surface area (Å²) in [5, 5.41) is 4.16. The van der Waals surface area contributed by atoms with Crippen LogP contribution in [0.3, 0.4) is 0 Å². The molecule has 0 aromatic heterocycles. The Morgan fingerprint density at radius 2 is 1.58 bits per heavy atom. The highest BCUT2D eigenvalue weighted by Crippen LogP contribution is 2.24. The summed E-state index contributed by atoms with van der Waals surface area (Å²) in [4.78, 5) is 0. The van der Waals surface area contributed by atoms with Gasteiger partial charge in [-0.3, -0.25) is 0 Å². The van der Waals surface area contributed by atoms with Gasteiger partial charge in [-0.15, -0.1) is 9.24 Å². The predicted octanol–water partition coefficient (Wildman–Crippen LogP) is 4.74. The van der Waals surface area contributed by atoms with Crippen molar-refractivity contribution in [2.75, 3.05) is 0 Å². The molecule has 0 N–H and O–H groups in total. The van der Waals surface area contributed by atoms with E-state index in [-0.39, 0.29) is 0 Å². The van der Waals surface area contributed by atoms with Gasteiger partial charge >= 0.3 is 0 Å². The molecule has 0 bridgehead atoms. The van der Waals surface area contributed by atoms with Crippen LogP contribution in [0.2, 0.25) is 0 Å². The fourth-order valence-electron chi connectivity index (χ4n) is 2.75. The summed E-state index contributed by atoms with van der Waals surface area (Å²) in [6, 6.07) is 11.1. The molecule has 0 fully saturated rings. The highest BCUT2D eigenvalue weighted by Gasteiger charge is 2.12. The second-order valence-corrected chi connectivity index (χ2v) is 6.92. The summed E-state index contributed by atoms with van der Waals surface area (Å²) < 4.78 is 0. The Labute approximate surface area is 119 Å². The van der Waals surface area contributed by atoms with Crippen molar-refractivity contribution in [2.45, 2.75) is 40.5 Å². The monoisotopic (exact) mass is 272 g/mol. The molecule has 0 amide bonds. The molecule has 19 heavy (non-hydrogen) atoms. The third kappa shape index (κ3) is 3.37. The SMILES string of the molecule is CC(C)Cc1cc2ccccc2c(P)c1CC(C)C. The molecule has 0 aliphatic carbocycles. The van der Waals surface area contributed by atoms with E-state index in [1.165, 1.54) is 34.5 Å². The molecule has 2 aromatic carbocycles. The van der Waals surface area contributed by atoms with Crippen molar-refractivity contribution >= 4 is 25.3 Å². The lowest BCUT2D eigenvalue weighted by Gasteiger charge is -2.18. The molecule has 0 saturated carbocycles. The first kappa shape index (κ1) is 14.5. The van der Waals surface area contributed by atoms with Crippen molar-refractivity contribution in [1.29, 1.82) is 0 Å². The Bertz CT molecular complexity index is 567. The predicted molar refractivity (Wildman–Crippen MR) is 90.4 cm³/mol. The van der Waals surface area contributed by atoms with Gasteiger partial charge in [0.05, 0.1) is 0 Å². The van der Waals surface area contributed by atoms with Crippen LogP contribution in [0.1, 0.15) is 38.8 Å². The number of benzene rings is 2. The fourth-order valence-corrected chi connectivity index (χ4v) is 3.32. The minimum Gasteiger partial charge on any atom is -0.105 e. The Kier molecular flexibility index (Phi) is 4.63. The van der Waals surface area contributed by atoms with Crippen LogP contribution >= 0.6 is 9.24 Å². The van der Waals surface area contributed by atoms with Crippen molar-refractivity contribution in [3.05, 3.63) is 41.5 Å². The minimum absolute atomic E-state index is 0.700. The van der Waals surface area contributed by atoms with Crippen LogP contribution in [0.4, 0.5) is 0 Å². The first-order valence-corrected chi connectivity index (χ1v) is 7.85. The van der Waals surface area contributed by atoms with Crippen molar-refractivity contribution in [1.82, 2.24) is 0 Å². The Hall–Kier alpha value is -0.870. The molecule has 102 valence electrons. The summed E-state index contributed by atoms with van der Waals surface area (Å²) in [6.07, 6.45) is 2.35. The van der Waals surface area contributed by atoms with Gasteiger partial charge in [0, 0.05) is 0 Å². The molecule has 0 aliphatic heterocycles. The van der Waals surface area contributed by atoms with Gasteiger partial charge in [-0.25, -0.2) is 0 Å². The highest BCUT2D eigenvalue weighted by molar-refractivity contribution is 7.28. The molecule has 0 spiro atoms. The zero-order valence-electron chi connectivity index (χ0n) is 12.5. The van der Waals surface area contributed by atoms with Crippen LogP contribution in [0.5, 0.6) is 0 Å². The van der Waals surface area contributed by atoms with E-state index in [1.807, 2.05) is 0 Å². The zero-order chi connectivity index (χ0) is 14.0. The topological polar surface area (TPSA) is 0 Å². The molecule has 0 nitrogen and oxygen atoms in total. The molecule has 0 saturated heterocycles. The quantitative estimate of drug-likeness (QED) is 0.705. The molecule has 0 radical (unpaired) electrons. The Balaban J connectivity index is 2.61. The lowest BCUT2D eigenvalue weighted by atomic mass is 9.90. The second kappa shape index (κ2) is 6.06. The van der Waals surface area contributed by atoms with E-state index in [0.29, 0.717) is 11.8 Å². The Morgan fingerprint density at radius 3 is 2.21 bits per heavy atom. The molecular formula is C18H25P. The zero-order valence-corrected chi connectivity index (χ0v) is 13.7. The maximum Gasteiger partial charge on any atom is -0.0109 e. The molecule has 1 heteroatoms. The summed E-state index contributed by atoms with van der Waals surface area (Å²) in [5.74, 6) is 1.41. The maximum atomic E-state index is 2.99. The number of hydrogen-bond acceptors (Lipinski definition) is 0. The second-order valence-electron chi connectivity index (χ2n) is 6.34. The van der Waals surface area contributed by atoms with Gasteiger partial charge in [0.2, 0.25) is 0 Å². The van der Waals surface area contributed by atoms with Crippen LogP contribution in [-0.2, 0) is 12.8 Å². The van der Waals surface area contributed by atoms with Crippen LogP contribution in [0, 0.1) is 11.8 Å². The van der Waals surface area contributed by atoms with E-state index in [0.717, 1.165) is 0 Å². The van der Waals surface area contributed by atoms with E-state index in [2.05, 4.69) is 67.3 Å². The molecule has 1 atom stereocenters. The maximum absolute atomic E-state index is 2.99. The van der Waals surface area contributed by atoms with Gasteiger partial charge < -0.3 is 0 Å². The van der Waals surface area contributed by atoms with Crippen molar-refractivity contribution in [3.63, 3.8) is 0 Å². The fraction of sp³-hybridized carbons (Fsp3) is 0.444. The number of hydrogen-bond donors (Lipinski definition) is 0. The summed E-state index contributed by atoms with van der Waals surface area (Å²) >= 11 is 0. The first-order chi connectivity index (χ1) is 8.99. The average molecular weight is 272 g/mol. The normalized spacial score (nSPS) is 11.7. The van der Waals surface area contributed by atoms with Crippen LogP contribution in [0.15, 0.2) is 30.3 Å². The molecule has 1 unspecified atom stereocenters. The summed E-state index contributed by atoms with van der Waals surface area (Å²) in [5.41, 5.74) is 3.08. The summed E-state index contributed by atoms with van der Waals surface area (Å²) in [7, 11) is 2.99. The minimum atomic E-state index is 0.700. The van der Waals surface area contributed by atoms with Crippen molar-refractivity contribution in [3.8, 4) is 0 Å². The largest absolute Gasteiger partial charge is 0.105 e. The molecule has 0 aliphatic rings. The van der Waals surface area contributed by atoms with Crippen LogP contribution in [-0.4, -0.2) is 0 Å². The molecular weight excluding hydrogens is 247 g/mol. The average Bonchev–Trinajstić information content (AvgIpc) is 2.33. The first-order valence-electron chi connectivity index (χ1n) is 7.28. The van der Waals surface area contributed by atoms with Crippen LogP contribution in [0.25, 0.3) is 10.8 Å². The third-order valence-electron chi connectivity index (χ3n) is 3.53. The third-order valence-corrected chi connectivity index (χ3v) is 4.19. The standard InChI is InChI=1S/C18H25P/c1-12(2)9-15-11-14-7-5-6-8-16(14)18(19)17(15)10-13(3)4/h5-8,11-13H,9-10,19H2,1-4H3. The van der Waals surface area contributed by atoms with E-state index in [4.69, 9.17) is 0 Å². The summed E-state index contributed by atoms with van der Waals surface area (Å²) in [6.45, 7) is 9.21. The van der Waals surface area contributed by atoms with Gasteiger partial charge in [0.25, 0.3) is 0 Å². The van der Waals surface area contributed by atoms with Gasteiger partial charge in [-0.05, 0) is 51.9 Å².